The highest BCUT2D eigenvalue weighted by Gasteiger charge is 2.19. The summed E-state index contributed by atoms with van der Waals surface area (Å²) in [5.74, 6) is -0.276. The van der Waals surface area contributed by atoms with Gasteiger partial charge in [0.1, 0.15) is 10.6 Å². The molecule has 30 heavy (non-hydrogen) atoms. The summed E-state index contributed by atoms with van der Waals surface area (Å²) in [5, 5.41) is 6.11. The number of nitrogens with one attached hydrogen (secondary N) is 1. The maximum absolute atomic E-state index is 14.1. The van der Waals surface area contributed by atoms with Gasteiger partial charge in [0.15, 0.2) is 0 Å². The molecule has 1 N–H and O–H groups in total. The van der Waals surface area contributed by atoms with E-state index in [1.165, 1.54) is 43.2 Å². The predicted octanol–water partition coefficient (Wildman–Crippen LogP) is 5.91. The Morgan fingerprint density at radius 1 is 1.23 bits per heavy atom. The van der Waals surface area contributed by atoms with Gasteiger partial charge in [-0.1, -0.05) is 0 Å². The Balaban J connectivity index is 0.000000185. The Labute approximate surface area is 183 Å². The summed E-state index contributed by atoms with van der Waals surface area (Å²) in [6.45, 7) is 2.18. The van der Waals surface area contributed by atoms with Crippen LogP contribution in [0.1, 0.15) is 19.3 Å². The first-order valence-corrected chi connectivity index (χ1v) is 11.7. The molecule has 0 radical (unpaired) electrons. The van der Waals surface area contributed by atoms with Crippen LogP contribution in [0.4, 0.5) is 15.8 Å². The fraction of sp³-hybridized carbons (Fsp3) is 0.364. The summed E-state index contributed by atoms with van der Waals surface area (Å²) in [6, 6.07) is 7.87. The first-order valence-electron chi connectivity index (χ1n) is 9.97. The number of halogens is 1. The van der Waals surface area contributed by atoms with Crippen LogP contribution in [0.25, 0.3) is 20.4 Å². The number of anilines is 2. The summed E-state index contributed by atoms with van der Waals surface area (Å²) in [4.78, 5) is 11.9. The Morgan fingerprint density at radius 2 is 2.13 bits per heavy atom. The van der Waals surface area contributed by atoms with Gasteiger partial charge in [-0.2, -0.15) is 0 Å². The molecule has 158 valence electrons. The molecule has 1 aromatic carbocycles. The minimum atomic E-state index is -0.276. The summed E-state index contributed by atoms with van der Waals surface area (Å²) in [6.07, 6.45) is 5.65. The summed E-state index contributed by atoms with van der Waals surface area (Å²) in [7, 11) is 3.97. The maximum atomic E-state index is 14.1. The second kappa shape index (κ2) is 9.78. The molecule has 1 saturated heterocycles. The van der Waals surface area contributed by atoms with Crippen LogP contribution in [0.2, 0.25) is 0 Å². The lowest BCUT2D eigenvalue weighted by Crippen LogP contribution is -2.25. The van der Waals surface area contributed by atoms with Crippen LogP contribution in [-0.4, -0.2) is 48.2 Å². The third-order valence-corrected chi connectivity index (χ3v) is 7.00. The zero-order valence-corrected chi connectivity index (χ0v) is 18.7. The number of rotatable bonds is 5. The van der Waals surface area contributed by atoms with Crippen molar-refractivity contribution in [3.63, 3.8) is 0 Å². The third kappa shape index (κ3) is 4.78. The van der Waals surface area contributed by atoms with E-state index in [0.717, 1.165) is 38.8 Å². The van der Waals surface area contributed by atoms with Crippen LogP contribution in [0.15, 0.2) is 41.4 Å². The highest BCUT2D eigenvalue weighted by atomic mass is 32.1. The molecule has 1 aliphatic heterocycles. The molecule has 1 atom stereocenters. The van der Waals surface area contributed by atoms with Crippen molar-refractivity contribution in [1.29, 1.82) is 0 Å². The van der Waals surface area contributed by atoms with E-state index in [1.807, 2.05) is 17.5 Å². The number of fused-ring (bicyclic) bond motifs is 2. The number of hydrogen-bond acceptors (Lipinski definition) is 7. The van der Waals surface area contributed by atoms with Gasteiger partial charge in [-0.05, 0) is 62.5 Å². The molecule has 4 aromatic rings. The highest BCUT2D eigenvalue weighted by Crippen LogP contribution is 2.31. The smallest absolute Gasteiger partial charge is 0.148 e. The molecule has 4 heterocycles. The lowest BCUT2D eigenvalue weighted by Gasteiger charge is -2.18. The van der Waals surface area contributed by atoms with E-state index in [1.54, 1.807) is 36.2 Å². The van der Waals surface area contributed by atoms with Gasteiger partial charge in [0.2, 0.25) is 0 Å². The zero-order valence-electron chi connectivity index (χ0n) is 17.1. The number of benzene rings is 1. The van der Waals surface area contributed by atoms with Gasteiger partial charge >= 0.3 is 0 Å². The topological polar surface area (TPSA) is 50.3 Å². The molecule has 5 rings (SSSR count). The van der Waals surface area contributed by atoms with Crippen LogP contribution in [-0.2, 0) is 4.74 Å². The van der Waals surface area contributed by atoms with Crippen LogP contribution in [0, 0.1) is 5.82 Å². The molecule has 1 fully saturated rings. The van der Waals surface area contributed by atoms with Crippen molar-refractivity contribution in [3.05, 3.63) is 47.2 Å². The zero-order chi connectivity index (χ0) is 20.9. The first-order chi connectivity index (χ1) is 14.7. The number of nitrogens with zero attached hydrogens (tertiary/aromatic N) is 3. The number of aromatic nitrogens is 2. The predicted molar refractivity (Wildman–Crippen MR) is 125 cm³/mol. The minimum Gasteiger partial charge on any atom is -0.385 e. The summed E-state index contributed by atoms with van der Waals surface area (Å²) >= 11 is 3.00. The number of ether oxygens (including phenoxy) is 1. The minimum absolute atomic E-state index is 0.276. The molecule has 3 aromatic heterocycles. The van der Waals surface area contributed by atoms with Crippen LogP contribution in [0.3, 0.4) is 0 Å². The van der Waals surface area contributed by atoms with Crippen molar-refractivity contribution in [1.82, 2.24) is 14.9 Å². The summed E-state index contributed by atoms with van der Waals surface area (Å²) < 4.78 is 20.0. The number of thiophene rings is 1. The van der Waals surface area contributed by atoms with E-state index in [9.17, 15) is 4.39 Å². The van der Waals surface area contributed by atoms with Crippen molar-refractivity contribution < 1.29 is 9.13 Å². The fourth-order valence-electron chi connectivity index (χ4n) is 3.70. The lowest BCUT2D eigenvalue weighted by atomic mass is 10.2. The van der Waals surface area contributed by atoms with Gasteiger partial charge in [0, 0.05) is 31.3 Å². The second-order valence-electron chi connectivity index (χ2n) is 7.33. The Hall–Kier alpha value is -2.13. The van der Waals surface area contributed by atoms with Crippen molar-refractivity contribution in [3.8, 4) is 0 Å². The van der Waals surface area contributed by atoms with E-state index in [2.05, 4.69) is 27.2 Å². The SMILES string of the molecule is COCCC1CCCN1C.Fc1cc2scnc2cc1Nc1ccnc2sccc12. The monoisotopic (exact) mass is 444 g/mol. The average Bonchev–Trinajstić information content (AvgIpc) is 3.48. The Bertz CT molecular complexity index is 1110. The second-order valence-corrected chi connectivity index (χ2v) is 9.11. The number of thiazole rings is 1. The lowest BCUT2D eigenvalue weighted by molar-refractivity contribution is 0.163. The first kappa shape index (κ1) is 21.1. The standard InChI is InChI=1S/C14H8FN3S2.C8H17NO/c15-9-5-13-12(17-7-20-13)6-11(9)18-10-1-3-16-14-8(10)2-4-19-14;1-9-6-3-4-8(9)5-7-10-2/h1-7H,(H,16,18);8H,3-7H2,1-2H3. The van der Waals surface area contributed by atoms with Crippen molar-refractivity contribution in [2.24, 2.45) is 0 Å². The molecule has 1 unspecified atom stereocenters. The maximum Gasteiger partial charge on any atom is 0.148 e. The van der Waals surface area contributed by atoms with Gasteiger partial charge in [-0.25, -0.2) is 14.4 Å². The van der Waals surface area contributed by atoms with Crippen molar-refractivity contribution in [2.75, 3.05) is 32.6 Å². The fourth-order valence-corrected chi connectivity index (χ4v) is 5.15. The molecule has 5 nitrogen and oxygen atoms in total. The summed E-state index contributed by atoms with van der Waals surface area (Å²) in [5.41, 5.74) is 3.80. The van der Waals surface area contributed by atoms with E-state index < -0.39 is 0 Å². The van der Waals surface area contributed by atoms with E-state index in [4.69, 9.17) is 4.74 Å². The van der Waals surface area contributed by atoms with E-state index in [-0.39, 0.29) is 5.82 Å². The molecular weight excluding hydrogens is 419 g/mol. The van der Waals surface area contributed by atoms with Gasteiger partial charge in [-0.3, -0.25) is 0 Å². The highest BCUT2D eigenvalue weighted by molar-refractivity contribution is 7.17. The molecule has 0 aliphatic carbocycles. The van der Waals surface area contributed by atoms with E-state index in [0.29, 0.717) is 5.69 Å². The quantitative estimate of drug-likeness (QED) is 0.415. The number of hydrogen-bond donors (Lipinski definition) is 1. The largest absolute Gasteiger partial charge is 0.385 e. The normalized spacial score (nSPS) is 16.7. The van der Waals surface area contributed by atoms with E-state index >= 15 is 0 Å². The molecule has 0 bridgehead atoms. The average molecular weight is 445 g/mol. The van der Waals surface area contributed by atoms with Crippen molar-refractivity contribution in [2.45, 2.75) is 25.3 Å². The van der Waals surface area contributed by atoms with Gasteiger partial charge < -0.3 is 15.0 Å². The van der Waals surface area contributed by atoms with Gasteiger partial charge in [0.05, 0.1) is 27.1 Å². The molecule has 0 saturated carbocycles. The van der Waals surface area contributed by atoms with Crippen LogP contribution < -0.4 is 5.32 Å². The van der Waals surface area contributed by atoms with Gasteiger partial charge in [-0.15, -0.1) is 22.7 Å². The van der Waals surface area contributed by atoms with Crippen LogP contribution in [0.5, 0.6) is 0 Å². The molecule has 1 aliphatic rings. The molecule has 0 amide bonds. The van der Waals surface area contributed by atoms with Crippen LogP contribution >= 0.6 is 22.7 Å². The molecule has 0 spiro atoms. The number of methoxy groups -OCH3 is 1. The third-order valence-electron chi connectivity index (χ3n) is 5.38. The Kier molecular flexibility index (Phi) is 6.89. The number of pyridine rings is 1. The van der Waals surface area contributed by atoms with Crippen molar-refractivity contribution >= 4 is 54.5 Å². The molecular formula is C22H25FN4OS2. The Morgan fingerprint density at radius 3 is 2.93 bits per heavy atom. The molecule has 8 heteroatoms. The number of likely N-dealkylation sites (tertiary alicyclic amines) is 1. The van der Waals surface area contributed by atoms with Gasteiger partial charge in [0.25, 0.3) is 0 Å².